The third kappa shape index (κ3) is 5.37. The van der Waals surface area contributed by atoms with Crippen LogP contribution in [0.3, 0.4) is 0 Å². The van der Waals surface area contributed by atoms with Crippen LogP contribution in [0.1, 0.15) is 0 Å². The zero-order valence-corrected chi connectivity index (χ0v) is 11.4. The van der Waals surface area contributed by atoms with Crippen molar-refractivity contribution in [2.24, 2.45) is 9.98 Å². The molecular formula is C8H8I2N4. The summed E-state index contributed by atoms with van der Waals surface area (Å²) in [6.07, 6.45) is 5.36. The van der Waals surface area contributed by atoms with E-state index < -0.39 is 0 Å². The molecule has 0 radical (unpaired) electrons. The highest BCUT2D eigenvalue weighted by Crippen LogP contribution is 1.96. The first-order chi connectivity index (χ1) is 6.79. The summed E-state index contributed by atoms with van der Waals surface area (Å²) in [5, 5.41) is 13.8. The standard InChI is InChI=1S/C8H8I2N4/c9-3-1-7(13-5-11)8(2-4-10)14-6-12/h1-6,11-12H/b3-1-,4-2-,11-5?,12-6?,13-7+,14-8?. The Hall–Kier alpha value is -0.380. The van der Waals surface area contributed by atoms with E-state index in [9.17, 15) is 0 Å². The summed E-state index contributed by atoms with van der Waals surface area (Å²) >= 11 is 4.12. The van der Waals surface area contributed by atoms with Crippen LogP contribution in [0.2, 0.25) is 0 Å². The predicted molar refractivity (Wildman–Crippen MR) is 78.8 cm³/mol. The molecule has 6 heteroatoms. The Kier molecular flexibility index (Phi) is 8.94. The van der Waals surface area contributed by atoms with Gasteiger partial charge in [0.1, 0.15) is 12.7 Å². The van der Waals surface area contributed by atoms with Gasteiger partial charge in [0.25, 0.3) is 0 Å². The highest BCUT2D eigenvalue weighted by atomic mass is 127. The number of hydrogen-bond donors (Lipinski definition) is 2. The molecule has 0 aromatic heterocycles. The third-order valence-corrected chi connectivity index (χ3v) is 1.83. The average Bonchev–Trinajstić information content (AvgIpc) is 2.17. The first kappa shape index (κ1) is 13.6. The minimum absolute atomic E-state index is 0.561. The molecule has 2 N–H and O–H groups in total. The highest BCUT2D eigenvalue weighted by molar-refractivity contribution is 14.1. The minimum Gasteiger partial charge on any atom is -0.290 e. The predicted octanol–water partition coefficient (Wildman–Crippen LogP) is 2.98. The van der Waals surface area contributed by atoms with Crippen molar-refractivity contribution in [2.45, 2.75) is 0 Å². The van der Waals surface area contributed by atoms with Gasteiger partial charge in [0.2, 0.25) is 0 Å². The van der Waals surface area contributed by atoms with E-state index in [1.807, 2.05) is 0 Å². The Morgan fingerprint density at radius 2 is 1.21 bits per heavy atom. The quantitative estimate of drug-likeness (QED) is 0.395. The maximum Gasteiger partial charge on any atom is 0.107 e. The van der Waals surface area contributed by atoms with E-state index in [0.717, 1.165) is 12.7 Å². The lowest BCUT2D eigenvalue weighted by Crippen LogP contribution is -2.09. The fraction of sp³-hybridized carbons (Fsp3) is 0. The molecule has 14 heavy (non-hydrogen) atoms. The Morgan fingerprint density at radius 3 is 1.43 bits per heavy atom. The molecule has 0 atom stereocenters. The maximum absolute atomic E-state index is 6.88. The lowest BCUT2D eigenvalue weighted by Gasteiger charge is -1.97. The number of nitrogens with zero attached hydrogens (tertiary/aromatic N) is 2. The maximum atomic E-state index is 6.88. The van der Waals surface area contributed by atoms with Gasteiger partial charge in [0.05, 0.1) is 11.4 Å². The molecule has 0 aromatic carbocycles. The van der Waals surface area contributed by atoms with E-state index in [1.165, 1.54) is 0 Å². The van der Waals surface area contributed by atoms with Crippen LogP contribution in [-0.2, 0) is 0 Å². The summed E-state index contributed by atoms with van der Waals surface area (Å²) in [5.74, 6) is 0. The highest BCUT2D eigenvalue weighted by Gasteiger charge is 2.00. The van der Waals surface area contributed by atoms with Crippen LogP contribution in [0, 0.1) is 10.8 Å². The number of aliphatic imine (C=N–C) groups is 2. The van der Waals surface area contributed by atoms with Crippen molar-refractivity contribution >= 4 is 69.3 Å². The summed E-state index contributed by atoms with van der Waals surface area (Å²) in [7, 11) is 0. The van der Waals surface area contributed by atoms with E-state index in [2.05, 4.69) is 55.2 Å². The normalized spacial score (nSPS) is 13.9. The fourth-order valence-electron chi connectivity index (χ4n) is 0.648. The average molecular weight is 414 g/mol. The number of hydrogen-bond acceptors (Lipinski definition) is 2. The number of halogens is 2. The van der Waals surface area contributed by atoms with Crippen molar-refractivity contribution in [3.63, 3.8) is 0 Å². The number of allylic oxidation sites excluding steroid dienone is 2. The zero-order chi connectivity index (χ0) is 10.8. The molecule has 0 unspecified atom stereocenters. The van der Waals surface area contributed by atoms with Crippen LogP contribution in [0.25, 0.3) is 0 Å². The SMILES string of the molecule is N=CN=C(/C=C\I)C(/C=C\I)=N/C=N. The Bertz CT molecular complexity index is 283. The molecule has 0 aliphatic heterocycles. The lowest BCUT2D eigenvalue weighted by molar-refractivity contribution is 1.51. The largest absolute Gasteiger partial charge is 0.290 e. The van der Waals surface area contributed by atoms with Gasteiger partial charge in [0, 0.05) is 0 Å². The molecule has 0 amide bonds. The number of rotatable bonds is 5. The second-order valence-corrected chi connectivity index (χ2v) is 3.31. The molecular weight excluding hydrogens is 406 g/mol. The molecule has 0 saturated heterocycles. The first-order valence-corrected chi connectivity index (χ1v) is 5.96. The van der Waals surface area contributed by atoms with E-state index in [1.54, 1.807) is 20.3 Å². The van der Waals surface area contributed by atoms with Crippen LogP contribution in [0.15, 0.2) is 30.3 Å². The second-order valence-electron chi connectivity index (χ2n) is 1.87. The van der Waals surface area contributed by atoms with Crippen LogP contribution < -0.4 is 0 Å². The first-order valence-electron chi connectivity index (χ1n) is 3.47. The molecule has 0 spiro atoms. The van der Waals surface area contributed by atoms with Crippen LogP contribution in [0.5, 0.6) is 0 Å². The Morgan fingerprint density at radius 1 is 0.857 bits per heavy atom. The van der Waals surface area contributed by atoms with Gasteiger partial charge in [-0.05, 0) is 20.3 Å². The van der Waals surface area contributed by atoms with Crippen molar-refractivity contribution < 1.29 is 0 Å². The Balaban J connectivity index is 5.12. The van der Waals surface area contributed by atoms with Gasteiger partial charge in [-0.3, -0.25) is 10.8 Å². The van der Waals surface area contributed by atoms with Crippen molar-refractivity contribution in [1.82, 2.24) is 0 Å². The van der Waals surface area contributed by atoms with E-state index in [4.69, 9.17) is 10.8 Å². The summed E-state index contributed by atoms with van der Waals surface area (Å²) in [6.45, 7) is 0. The topological polar surface area (TPSA) is 72.4 Å². The monoisotopic (exact) mass is 414 g/mol. The molecule has 74 valence electrons. The molecule has 0 saturated carbocycles. The zero-order valence-electron chi connectivity index (χ0n) is 7.11. The van der Waals surface area contributed by atoms with Crippen LogP contribution in [-0.4, -0.2) is 24.1 Å². The van der Waals surface area contributed by atoms with Gasteiger partial charge >= 0.3 is 0 Å². The molecule has 4 nitrogen and oxygen atoms in total. The fourth-order valence-corrected chi connectivity index (χ4v) is 1.33. The van der Waals surface area contributed by atoms with Gasteiger partial charge in [-0.15, -0.1) is 0 Å². The minimum atomic E-state index is 0.561. The summed E-state index contributed by atoms with van der Waals surface area (Å²) < 4.78 is 3.56. The molecule has 0 aliphatic carbocycles. The van der Waals surface area contributed by atoms with Gasteiger partial charge in [-0.2, -0.15) is 0 Å². The molecule has 0 aliphatic rings. The van der Waals surface area contributed by atoms with Gasteiger partial charge < -0.3 is 0 Å². The molecule has 0 bridgehead atoms. The van der Waals surface area contributed by atoms with Crippen LogP contribution >= 0.6 is 45.2 Å². The number of nitrogens with one attached hydrogen (secondary N) is 2. The lowest BCUT2D eigenvalue weighted by atomic mass is 10.2. The van der Waals surface area contributed by atoms with Gasteiger partial charge in [-0.1, -0.05) is 45.2 Å². The summed E-state index contributed by atoms with van der Waals surface area (Å²) in [4.78, 5) is 7.66. The smallest absolute Gasteiger partial charge is 0.107 e. The van der Waals surface area contributed by atoms with Crippen molar-refractivity contribution in [3.05, 3.63) is 20.3 Å². The summed E-state index contributed by atoms with van der Waals surface area (Å²) in [6, 6.07) is 0. The van der Waals surface area contributed by atoms with E-state index in [0.29, 0.717) is 11.4 Å². The molecule has 0 rings (SSSR count). The second kappa shape index (κ2) is 9.19. The third-order valence-electron chi connectivity index (χ3n) is 1.11. The van der Waals surface area contributed by atoms with Crippen molar-refractivity contribution in [3.8, 4) is 0 Å². The molecule has 0 fully saturated rings. The van der Waals surface area contributed by atoms with Crippen LogP contribution in [0.4, 0.5) is 0 Å². The Labute approximate surface area is 110 Å². The molecule has 0 heterocycles. The van der Waals surface area contributed by atoms with Gasteiger partial charge in [-0.25, -0.2) is 9.98 Å². The van der Waals surface area contributed by atoms with Crippen molar-refractivity contribution in [2.75, 3.05) is 0 Å². The van der Waals surface area contributed by atoms with E-state index in [-0.39, 0.29) is 0 Å². The van der Waals surface area contributed by atoms with E-state index >= 15 is 0 Å². The van der Waals surface area contributed by atoms with Crippen molar-refractivity contribution in [1.29, 1.82) is 10.8 Å². The summed E-state index contributed by atoms with van der Waals surface area (Å²) in [5.41, 5.74) is 1.12. The van der Waals surface area contributed by atoms with Gasteiger partial charge in [0.15, 0.2) is 0 Å². The molecule has 0 aromatic rings.